The van der Waals surface area contributed by atoms with Crippen LogP contribution in [-0.4, -0.2) is 34.6 Å². The summed E-state index contributed by atoms with van der Waals surface area (Å²) in [6.45, 7) is 0.646. The Labute approximate surface area is 188 Å². The van der Waals surface area contributed by atoms with Crippen LogP contribution in [0.25, 0.3) is 10.9 Å². The molecular weight excluding hydrogens is 420 g/mol. The van der Waals surface area contributed by atoms with Gasteiger partial charge in [0.25, 0.3) is 5.91 Å². The van der Waals surface area contributed by atoms with Crippen molar-refractivity contribution in [2.45, 2.75) is 6.42 Å². The number of amides is 1. The molecule has 0 bridgehead atoms. The summed E-state index contributed by atoms with van der Waals surface area (Å²) in [5, 5.41) is 16.0. The van der Waals surface area contributed by atoms with Gasteiger partial charge in [0.15, 0.2) is 5.88 Å². The van der Waals surface area contributed by atoms with E-state index in [1.165, 1.54) is 11.3 Å². The minimum absolute atomic E-state index is 0.0920. The summed E-state index contributed by atoms with van der Waals surface area (Å²) < 4.78 is 0. The highest BCUT2D eigenvalue weighted by Crippen LogP contribution is 2.27. The van der Waals surface area contributed by atoms with Crippen molar-refractivity contribution in [2.24, 2.45) is 9.98 Å². The van der Waals surface area contributed by atoms with E-state index in [1.54, 1.807) is 12.3 Å². The maximum atomic E-state index is 12.2. The molecule has 1 aliphatic heterocycles. The number of nitrogens with one attached hydrogen (secondary N) is 2. The van der Waals surface area contributed by atoms with Gasteiger partial charge in [-0.1, -0.05) is 30.3 Å². The number of benzene rings is 2. The standard InChI is InChI=1S/C25H20N4O2S/c30-24-20(15-27-23-4-1-11-26-23)19-14-17(7-10-21(19)29-24)13-16-5-8-18(9-6-16)28-25(31)22-3-2-12-32-22/h1-10,12,14-15,29-30H,11,13H2,(H,28,31). The van der Waals surface area contributed by atoms with Crippen LogP contribution < -0.4 is 5.32 Å². The van der Waals surface area contributed by atoms with Crippen molar-refractivity contribution in [1.82, 2.24) is 4.98 Å². The zero-order valence-corrected chi connectivity index (χ0v) is 17.9. The zero-order chi connectivity index (χ0) is 21.9. The predicted octanol–water partition coefficient (Wildman–Crippen LogP) is 5.17. The maximum absolute atomic E-state index is 12.2. The van der Waals surface area contributed by atoms with Gasteiger partial charge in [0.05, 0.1) is 17.0 Å². The van der Waals surface area contributed by atoms with Crippen LogP contribution in [0, 0.1) is 0 Å². The fourth-order valence-corrected chi connectivity index (χ4v) is 4.22. The molecular formula is C25H20N4O2S. The van der Waals surface area contributed by atoms with Crippen molar-refractivity contribution in [2.75, 3.05) is 11.9 Å². The van der Waals surface area contributed by atoms with Crippen LogP contribution in [0.5, 0.6) is 5.88 Å². The van der Waals surface area contributed by atoms with Crippen LogP contribution in [0.15, 0.2) is 82.1 Å². The summed E-state index contributed by atoms with van der Waals surface area (Å²) in [7, 11) is 0. The second-order valence-corrected chi connectivity index (χ2v) is 8.38. The summed E-state index contributed by atoms with van der Waals surface area (Å²) in [4.78, 5) is 24.5. The lowest BCUT2D eigenvalue weighted by Crippen LogP contribution is -2.09. The zero-order valence-electron chi connectivity index (χ0n) is 17.1. The minimum atomic E-state index is -0.0984. The lowest BCUT2D eigenvalue weighted by atomic mass is 10.0. The third kappa shape index (κ3) is 4.24. The maximum Gasteiger partial charge on any atom is 0.265 e. The molecule has 3 N–H and O–H groups in total. The van der Waals surface area contributed by atoms with Crippen LogP contribution >= 0.6 is 11.3 Å². The van der Waals surface area contributed by atoms with Gasteiger partial charge in [0.2, 0.25) is 0 Å². The Hall–Kier alpha value is -3.97. The van der Waals surface area contributed by atoms with Crippen LogP contribution in [0.3, 0.4) is 0 Å². The Balaban J connectivity index is 1.33. The Morgan fingerprint density at radius 3 is 2.78 bits per heavy atom. The number of carbonyl (C=O) groups is 1. The Bertz CT molecular complexity index is 1360. The Morgan fingerprint density at radius 2 is 2.03 bits per heavy atom. The number of anilines is 1. The third-order valence-electron chi connectivity index (χ3n) is 5.20. The molecule has 1 aliphatic rings. The fourth-order valence-electron chi connectivity index (χ4n) is 3.60. The molecule has 6 nitrogen and oxygen atoms in total. The quantitative estimate of drug-likeness (QED) is 0.374. The smallest absolute Gasteiger partial charge is 0.265 e. The first-order valence-electron chi connectivity index (χ1n) is 10.2. The summed E-state index contributed by atoms with van der Waals surface area (Å²) in [5.41, 5.74) is 4.50. The van der Waals surface area contributed by atoms with Crippen molar-refractivity contribution >= 4 is 45.9 Å². The fraction of sp³-hybridized carbons (Fsp3) is 0.0800. The number of aromatic nitrogens is 1. The van der Waals surface area contributed by atoms with Crippen LogP contribution in [0.4, 0.5) is 5.69 Å². The van der Waals surface area contributed by atoms with E-state index in [0.29, 0.717) is 22.8 Å². The second-order valence-electron chi connectivity index (χ2n) is 7.43. The van der Waals surface area contributed by atoms with Crippen LogP contribution in [0.2, 0.25) is 0 Å². The van der Waals surface area contributed by atoms with Gasteiger partial charge in [-0.25, -0.2) is 4.99 Å². The topological polar surface area (TPSA) is 89.8 Å². The molecule has 158 valence electrons. The highest BCUT2D eigenvalue weighted by Gasteiger charge is 2.11. The van der Waals surface area contributed by atoms with Gasteiger partial charge in [0.1, 0.15) is 5.84 Å². The largest absolute Gasteiger partial charge is 0.494 e. The van der Waals surface area contributed by atoms with E-state index in [0.717, 1.165) is 34.1 Å². The molecule has 5 rings (SSSR count). The molecule has 32 heavy (non-hydrogen) atoms. The first-order valence-corrected chi connectivity index (χ1v) is 11.1. The van der Waals surface area contributed by atoms with Gasteiger partial charge in [0, 0.05) is 22.8 Å². The molecule has 2 aromatic heterocycles. The number of nitrogens with zero attached hydrogens (tertiary/aromatic N) is 2. The van der Waals surface area contributed by atoms with Crippen molar-refractivity contribution in [3.63, 3.8) is 0 Å². The molecule has 0 unspecified atom stereocenters. The summed E-state index contributed by atoms with van der Waals surface area (Å²) in [6.07, 6.45) is 6.18. The van der Waals surface area contributed by atoms with Gasteiger partial charge in [-0.3, -0.25) is 9.79 Å². The van der Waals surface area contributed by atoms with Crippen molar-refractivity contribution in [3.05, 3.63) is 93.7 Å². The molecule has 0 saturated carbocycles. The Morgan fingerprint density at radius 1 is 1.19 bits per heavy atom. The molecule has 0 radical (unpaired) electrons. The molecule has 0 fully saturated rings. The molecule has 7 heteroatoms. The van der Waals surface area contributed by atoms with Gasteiger partial charge >= 0.3 is 0 Å². The van der Waals surface area contributed by atoms with E-state index < -0.39 is 0 Å². The van der Waals surface area contributed by atoms with E-state index in [2.05, 4.69) is 26.4 Å². The molecule has 0 aliphatic carbocycles. The number of carbonyl (C=O) groups excluding carboxylic acids is 1. The number of H-pyrrole nitrogens is 1. The normalized spacial score (nSPS) is 13.2. The van der Waals surface area contributed by atoms with Crippen LogP contribution in [-0.2, 0) is 6.42 Å². The number of rotatable bonds is 5. The van der Waals surface area contributed by atoms with E-state index >= 15 is 0 Å². The Kier molecular flexibility index (Phi) is 5.39. The van der Waals surface area contributed by atoms with E-state index in [1.807, 2.05) is 60.0 Å². The summed E-state index contributed by atoms with van der Waals surface area (Å²) >= 11 is 1.42. The lowest BCUT2D eigenvalue weighted by Gasteiger charge is -2.06. The van der Waals surface area contributed by atoms with Crippen molar-refractivity contribution in [3.8, 4) is 5.88 Å². The average molecular weight is 441 g/mol. The number of amidine groups is 1. The van der Waals surface area contributed by atoms with Gasteiger partial charge in [-0.05, 0) is 59.3 Å². The lowest BCUT2D eigenvalue weighted by molar-refractivity contribution is 0.103. The molecule has 3 heterocycles. The van der Waals surface area contributed by atoms with E-state index in [-0.39, 0.29) is 11.8 Å². The molecule has 1 amide bonds. The predicted molar refractivity (Wildman–Crippen MR) is 131 cm³/mol. The number of thiophene rings is 1. The summed E-state index contributed by atoms with van der Waals surface area (Å²) in [6, 6.07) is 17.6. The number of hydrogen-bond donors (Lipinski definition) is 3. The summed E-state index contributed by atoms with van der Waals surface area (Å²) in [5.74, 6) is 0.647. The average Bonchev–Trinajstić information content (AvgIpc) is 3.55. The molecule has 0 saturated heterocycles. The van der Waals surface area contributed by atoms with Gasteiger partial charge in [-0.2, -0.15) is 0 Å². The van der Waals surface area contributed by atoms with Crippen LogP contribution in [0.1, 0.15) is 26.4 Å². The van der Waals surface area contributed by atoms with Gasteiger partial charge in [-0.15, -0.1) is 11.3 Å². The van der Waals surface area contributed by atoms with Gasteiger partial charge < -0.3 is 15.4 Å². The van der Waals surface area contributed by atoms with Crippen molar-refractivity contribution in [1.29, 1.82) is 0 Å². The SMILES string of the molecule is O=C(Nc1ccc(Cc2ccc3[nH]c(O)c(C=NC4=NCC=C4)c3c2)cc1)c1cccs1. The first-order chi connectivity index (χ1) is 15.7. The van der Waals surface area contributed by atoms with E-state index in [9.17, 15) is 9.90 Å². The highest BCUT2D eigenvalue weighted by atomic mass is 32.1. The molecule has 2 aromatic carbocycles. The second kappa shape index (κ2) is 8.64. The van der Waals surface area contributed by atoms with Crippen molar-refractivity contribution < 1.29 is 9.90 Å². The number of aromatic hydroxyl groups is 1. The number of hydrogen-bond acceptors (Lipinski definition) is 5. The third-order valence-corrected chi connectivity index (χ3v) is 6.07. The highest BCUT2D eigenvalue weighted by molar-refractivity contribution is 7.12. The number of aliphatic imine (C=N–C) groups is 2. The molecule has 0 spiro atoms. The molecule has 4 aromatic rings. The molecule has 0 atom stereocenters. The monoisotopic (exact) mass is 440 g/mol. The minimum Gasteiger partial charge on any atom is -0.494 e. The number of fused-ring (bicyclic) bond motifs is 1. The first kappa shape index (κ1) is 20.0. The number of aromatic amines is 1. The van der Waals surface area contributed by atoms with E-state index in [4.69, 9.17) is 0 Å².